The van der Waals surface area contributed by atoms with E-state index in [1.54, 1.807) is 0 Å². The molecule has 3 aromatic rings. The van der Waals surface area contributed by atoms with E-state index in [9.17, 15) is 0 Å². The molecule has 0 saturated carbocycles. The maximum atomic E-state index is 8.85. The molecule has 0 saturated heterocycles. The molecular formula is C20H18N4O2. The second kappa shape index (κ2) is 7.30. The zero-order valence-electron chi connectivity index (χ0n) is 14.2. The van der Waals surface area contributed by atoms with Gasteiger partial charge in [0, 0.05) is 24.2 Å². The number of ether oxygens (including phenoxy) is 2. The number of rotatable bonds is 5. The van der Waals surface area contributed by atoms with Crippen LogP contribution in [0.15, 0.2) is 48.7 Å². The summed E-state index contributed by atoms with van der Waals surface area (Å²) in [5.41, 5.74) is 4.87. The number of aromatic amines is 1. The molecule has 4 rings (SSSR count). The second-order valence-corrected chi connectivity index (χ2v) is 6.04. The fourth-order valence-electron chi connectivity index (χ4n) is 2.93. The predicted molar refractivity (Wildman–Crippen MR) is 96.7 cm³/mol. The minimum atomic E-state index is 0.568. The Morgan fingerprint density at radius 1 is 1.04 bits per heavy atom. The van der Waals surface area contributed by atoms with Crippen molar-refractivity contribution in [3.8, 4) is 28.8 Å². The fourth-order valence-corrected chi connectivity index (χ4v) is 2.93. The first-order valence-electron chi connectivity index (χ1n) is 8.45. The van der Waals surface area contributed by atoms with E-state index in [1.165, 1.54) is 0 Å². The Morgan fingerprint density at radius 3 is 2.65 bits per heavy atom. The zero-order chi connectivity index (χ0) is 17.8. The van der Waals surface area contributed by atoms with Gasteiger partial charge in [0.2, 0.25) is 0 Å². The van der Waals surface area contributed by atoms with Crippen molar-refractivity contribution >= 4 is 0 Å². The van der Waals surface area contributed by atoms with Gasteiger partial charge in [-0.3, -0.25) is 5.10 Å². The summed E-state index contributed by atoms with van der Waals surface area (Å²) in [5, 5.41) is 19.5. The summed E-state index contributed by atoms with van der Waals surface area (Å²) in [7, 11) is 0. The third-order valence-corrected chi connectivity index (χ3v) is 4.28. The molecule has 1 aliphatic heterocycles. The van der Waals surface area contributed by atoms with Crippen LogP contribution in [0.2, 0.25) is 0 Å². The normalized spacial score (nSPS) is 12.6. The van der Waals surface area contributed by atoms with Crippen LogP contribution in [0.1, 0.15) is 16.7 Å². The number of hydrogen-bond donors (Lipinski definition) is 2. The first kappa shape index (κ1) is 16.2. The lowest BCUT2D eigenvalue weighted by Gasteiger charge is -2.18. The molecule has 0 amide bonds. The van der Waals surface area contributed by atoms with Crippen LogP contribution in [0, 0.1) is 11.3 Å². The van der Waals surface area contributed by atoms with Crippen LogP contribution in [0.4, 0.5) is 0 Å². The fraction of sp³-hybridized carbons (Fsp3) is 0.200. The molecule has 0 fully saturated rings. The summed E-state index contributed by atoms with van der Waals surface area (Å²) in [5.74, 6) is 1.54. The highest BCUT2D eigenvalue weighted by Crippen LogP contribution is 2.34. The molecule has 2 N–H and O–H groups in total. The smallest absolute Gasteiger partial charge is 0.162 e. The molecule has 0 atom stereocenters. The molecule has 1 aliphatic rings. The number of nitrogens with zero attached hydrogens (tertiary/aromatic N) is 2. The van der Waals surface area contributed by atoms with Gasteiger partial charge in [-0.15, -0.1) is 0 Å². The topological polar surface area (TPSA) is 83.0 Å². The van der Waals surface area contributed by atoms with E-state index in [4.69, 9.17) is 14.7 Å². The van der Waals surface area contributed by atoms with Crippen LogP contribution in [0.5, 0.6) is 11.5 Å². The van der Waals surface area contributed by atoms with Crippen LogP contribution in [0.3, 0.4) is 0 Å². The highest BCUT2D eigenvalue weighted by atomic mass is 16.6. The van der Waals surface area contributed by atoms with E-state index >= 15 is 0 Å². The maximum absolute atomic E-state index is 8.85. The highest BCUT2D eigenvalue weighted by Gasteiger charge is 2.15. The Labute approximate surface area is 151 Å². The Kier molecular flexibility index (Phi) is 4.54. The van der Waals surface area contributed by atoms with E-state index in [0.29, 0.717) is 25.3 Å². The van der Waals surface area contributed by atoms with E-state index in [0.717, 1.165) is 40.4 Å². The number of benzene rings is 2. The van der Waals surface area contributed by atoms with Gasteiger partial charge in [-0.2, -0.15) is 10.4 Å². The lowest BCUT2D eigenvalue weighted by molar-refractivity contribution is 0.171. The molecule has 0 bridgehead atoms. The quantitative estimate of drug-likeness (QED) is 0.742. The van der Waals surface area contributed by atoms with Crippen molar-refractivity contribution in [1.29, 1.82) is 5.26 Å². The molecule has 6 heteroatoms. The predicted octanol–water partition coefficient (Wildman–Crippen LogP) is 3.01. The molecule has 2 heterocycles. The van der Waals surface area contributed by atoms with Gasteiger partial charge in [0.1, 0.15) is 13.2 Å². The van der Waals surface area contributed by atoms with Gasteiger partial charge >= 0.3 is 0 Å². The minimum Gasteiger partial charge on any atom is -0.486 e. The number of H-pyrrole nitrogens is 1. The number of nitrogens with one attached hydrogen (secondary N) is 2. The number of hydrogen-bond acceptors (Lipinski definition) is 5. The third-order valence-electron chi connectivity index (χ3n) is 4.28. The highest BCUT2D eigenvalue weighted by molar-refractivity contribution is 5.66. The zero-order valence-corrected chi connectivity index (χ0v) is 14.2. The van der Waals surface area contributed by atoms with E-state index in [1.807, 2.05) is 48.7 Å². The third kappa shape index (κ3) is 3.39. The van der Waals surface area contributed by atoms with Crippen LogP contribution in [-0.2, 0) is 13.1 Å². The molecule has 0 spiro atoms. The molecule has 0 unspecified atom stereocenters. The molecule has 6 nitrogen and oxygen atoms in total. The summed E-state index contributed by atoms with van der Waals surface area (Å²) in [6, 6.07) is 15.6. The SMILES string of the molecule is N#Cc1ccc(CNCc2cn[nH]c2-c2ccc3c(c2)OCCO3)cc1. The van der Waals surface area contributed by atoms with Crippen molar-refractivity contribution in [2.24, 2.45) is 0 Å². The van der Waals surface area contributed by atoms with Crippen molar-refractivity contribution in [3.63, 3.8) is 0 Å². The Bertz CT molecular complexity index is 941. The van der Waals surface area contributed by atoms with Crippen LogP contribution in [0.25, 0.3) is 11.3 Å². The van der Waals surface area contributed by atoms with E-state index in [2.05, 4.69) is 21.6 Å². The second-order valence-electron chi connectivity index (χ2n) is 6.04. The Morgan fingerprint density at radius 2 is 1.85 bits per heavy atom. The van der Waals surface area contributed by atoms with Gasteiger partial charge in [0.15, 0.2) is 11.5 Å². The summed E-state index contributed by atoms with van der Waals surface area (Å²) in [6.45, 7) is 2.55. The van der Waals surface area contributed by atoms with Crippen LogP contribution >= 0.6 is 0 Å². The van der Waals surface area contributed by atoms with Crippen LogP contribution in [-0.4, -0.2) is 23.4 Å². The number of nitriles is 1. The summed E-state index contributed by atoms with van der Waals surface area (Å²) < 4.78 is 11.2. The van der Waals surface area contributed by atoms with E-state index < -0.39 is 0 Å². The average Bonchev–Trinajstić information content (AvgIpc) is 3.17. The molecule has 1 aromatic heterocycles. The molecule has 26 heavy (non-hydrogen) atoms. The van der Waals surface area contributed by atoms with Crippen molar-refractivity contribution in [1.82, 2.24) is 15.5 Å². The molecule has 0 aliphatic carbocycles. The Hall–Kier alpha value is -3.30. The molecule has 130 valence electrons. The summed E-state index contributed by atoms with van der Waals surface area (Å²) in [6.07, 6.45) is 1.83. The molecule has 0 radical (unpaired) electrons. The standard InChI is InChI=1S/C20H18N4O2/c21-10-14-1-3-15(4-2-14)11-22-12-17-13-23-24-20(17)16-5-6-18-19(9-16)26-8-7-25-18/h1-6,9,13,22H,7-8,11-12H2,(H,23,24). The van der Waals surface area contributed by atoms with Gasteiger partial charge in [-0.25, -0.2) is 0 Å². The van der Waals surface area contributed by atoms with Crippen molar-refractivity contribution in [2.45, 2.75) is 13.1 Å². The lowest BCUT2D eigenvalue weighted by atomic mass is 10.1. The molecule has 2 aromatic carbocycles. The van der Waals surface area contributed by atoms with Crippen LogP contribution < -0.4 is 14.8 Å². The minimum absolute atomic E-state index is 0.568. The van der Waals surface area contributed by atoms with Gasteiger partial charge < -0.3 is 14.8 Å². The molecular weight excluding hydrogens is 328 g/mol. The lowest BCUT2D eigenvalue weighted by Crippen LogP contribution is -2.15. The monoisotopic (exact) mass is 346 g/mol. The van der Waals surface area contributed by atoms with E-state index in [-0.39, 0.29) is 0 Å². The van der Waals surface area contributed by atoms with Gasteiger partial charge in [0.25, 0.3) is 0 Å². The maximum Gasteiger partial charge on any atom is 0.162 e. The Balaban J connectivity index is 1.44. The number of aromatic nitrogens is 2. The summed E-state index contributed by atoms with van der Waals surface area (Å²) >= 11 is 0. The van der Waals surface area contributed by atoms with Crippen molar-refractivity contribution in [3.05, 3.63) is 65.4 Å². The van der Waals surface area contributed by atoms with Gasteiger partial charge in [0.05, 0.1) is 23.5 Å². The number of fused-ring (bicyclic) bond motifs is 1. The first-order valence-corrected chi connectivity index (χ1v) is 8.45. The summed E-state index contributed by atoms with van der Waals surface area (Å²) in [4.78, 5) is 0. The van der Waals surface area contributed by atoms with Gasteiger partial charge in [-0.1, -0.05) is 12.1 Å². The largest absolute Gasteiger partial charge is 0.486 e. The van der Waals surface area contributed by atoms with Gasteiger partial charge in [-0.05, 0) is 35.9 Å². The first-order chi connectivity index (χ1) is 12.8. The van der Waals surface area contributed by atoms with Crippen molar-refractivity contribution < 1.29 is 9.47 Å². The average molecular weight is 346 g/mol. The van der Waals surface area contributed by atoms with Crippen molar-refractivity contribution in [2.75, 3.05) is 13.2 Å².